The smallest absolute Gasteiger partial charge is 0.123 e. The van der Waals surface area contributed by atoms with Gasteiger partial charge in [-0.1, -0.05) is 0 Å². The normalized spacial score (nSPS) is 10.3. The van der Waals surface area contributed by atoms with Crippen molar-refractivity contribution in [2.75, 3.05) is 7.11 Å². The summed E-state index contributed by atoms with van der Waals surface area (Å²) in [7, 11) is 1.66. The standard InChI is InChI=1S/C11H12N2OS/c1-14-9-4-2-8(3-5-9)11-13-7-10(6-12)15-11/h2-5,7H,6,12H2,1H3. The number of hydrogen-bond acceptors (Lipinski definition) is 4. The molecule has 0 radical (unpaired) electrons. The largest absolute Gasteiger partial charge is 0.497 e. The Morgan fingerprint density at radius 2 is 2.07 bits per heavy atom. The summed E-state index contributed by atoms with van der Waals surface area (Å²) < 4.78 is 5.09. The van der Waals surface area contributed by atoms with Gasteiger partial charge in [-0.05, 0) is 24.3 Å². The molecule has 0 spiro atoms. The number of methoxy groups -OCH3 is 1. The minimum absolute atomic E-state index is 0.549. The molecule has 0 aliphatic heterocycles. The summed E-state index contributed by atoms with van der Waals surface area (Å²) in [5.41, 5.74) is 6.63. The number of benzene rings is 1. The van der Waals surface area contributed by atoms with Gasteiger partial charge in [-0.15, -0.1) is 11.3 Å². The Balaban J connectivity index is 2.28. The molecular weight excluding hydrogens is 208 g/mol. The lowest BCUT2D eigenvalue weighted by molar-refractivity contribution is 0.415. The van der Waals surface area contributed by atoms with Crippen LogP contribution in [0.1, 0.15) is 4.88 Å². The minimum Gasteiger partial charge on any atom is -0.497 e. The summed E-state index contributed by atoms with van der Waals surface area (Å²) in [6.45, 7) is 0.549. The first kappa shape index (κ1) is 10.1. The second-order valence-electron chi connectivity index (χ2n) is 3.06. The van der Waals surface area contributed by atoms with Crippen LogP contribution in [-0.4, -0.2) is 12.1 Å². The summed E-state index contributed by atoms with van der Waals surface area (Å²) in [5.74, 6) is 0.856. The van der Waals surface area contributed by atoms with Crippen LogP contribution in [0, 0.1) is 0 Å². The van der Waals surface area contributed by atoms with E-state index in [1.165, 1.54) is 0 Å². The second-order valence-corrected chi connectivity index (χ2v) is 4.18. The van der Waals surface area contributed by atoms with Crippen LogP contribution in [0.25, 0.3) is 10.6 Å². The van der Waals surface area contributed by atoms with E-state index in [1.54, 1.807) is 18.4 Å². The fourth-order valence-corrected chi connectivity index (χ4v) is 2.07. The van der Waals surface area contributed by atoms with Crippen molar-refractivity contribution in [2.24, 2.45) is 5.73 Å². The van der Waals surface area contributed by atoms with Gasteiger partial charge in [-0.2, -0.15) is 0 Å². The van der Waals surface area contributed by atoms with Crippen LogP contribution in [0.3, 0.4) is 0 Å². The third-order valence-electron chi connectivity index (χ3n) is 2.09. The van der Waals surface area contributed by atoms with E-state index in [9.17, 15) is 0 Å². The maximum Gasteiger partial charge on any atom is 0.123 e. The van der Waals surface area contributed by atoms with Crippen LogP contribution < -0.4 is 10.5 Å². The summed E-state index contributed by atoms with van der Waals surface area (Å²) in [6.07, 6.45) is 1.82. The molecule has 0 saturated carbocycles. The zero-order valence-corrected chi connectivity index (χ0v) is 9.25. The summed E-state index contributed by atoms with van der Waals surface area (Å²) >= 11 is 1.62. The monoisotopic (exact) mass is 220 g/mol. The molecule has 0 saturated heterocycles. The molecule has 2 N–H and O–H groups in total. The average Bonchev–Trinajstić information content (AvgIpc) is 2.78. The van der Waals surface area contributed by atoms with Gasteiger partial charge >= 0.3 is 0 Å². The fraction of sp³-hybridized carbons (Fsp3) is 0.182. The number of rotatable bonds is 3. The molecule has 0 aliphatic rings. The van der Waals surface area contributed by atoms with E-state index in [-0.39, 0.29) is 0 Å². The highest BCUT2D eigenvalue weighted by Gasteiger charge is 2.03. The van der Waals surface area contributed by atoms with E-state index in [0.29, 0.717) is 6.54 Å². The number of aromatic nitrogens is 1. The number of nitrogens with two attached hydrogens (primary N) is 1. The number of hydrogen-bond donors (Lipinski definition) is 1. The Labute approximate surface area is 92.5 Å². The quantitative estimate of drug-likeness (QED) is 0.863. The first-order chi connectivity index (χ1) is 7.33. The molecule has 0 fully saturated rings. The van der Waals surface area contributed by atoms with E-state index in [4.69, 9.17) is 10.5 Å². The highest BCUT2D eigenvalue weighted by Crippen LogP contribution is 2.26. The highest BCUT2D eigenvalue weighted by atomic mass is 32.1. The third-order valence-corrected chi connectivity index (χ3v) is 3.16. The van der Waals surface area contributed by atoms with Crippen molar-refractivity contribution in [3.05, 3.63) is 35.3 Å². The Hall–Kier alpha value is -1.39. The van der Waals surface area contributed by atoms with Crippen LogP contribution in [0.2, 0.25) is 0 Å². The molecule has 0 amide bonds. The highest BCUT2D eigenvalue weighted by molar-refractivity contribution is 7.15. The maximum atomic E-state index is 5.54. The van der Waals surface area contributed by atoms with Gasteiger partial charge < -0.3 is 10.5 Å². The molecule has 15 heavy (non-hydrogen) atoms. The molecule has 1 aromatic heterocycles. The summed E-state index contributed by atoms with van der Waals surface area (Å²) in [6, 6.07) is 7.85. The molecule has 0 unspecified atom stereocenters. The Morgan fingerprint density at radius 3 is 2.60 bits per heavy atom. The topological polar surface area (TPSA) is 48.1 Å². The van der Waals surface area contributed by atoms with E-state index in [2.05, 4.69) is 4.98 Å². The van der Waals surface area contributed by atoms with Crippen molar-refractivity contribution in [3.8, 4) is 16.3 Å². The molecular formula is C11H12N2OS. The summed E-state index contributed by atoms with van der Waals surface area (Å²) in [5, 5.41) is 0.998. The van der Waals surface area contributed by atoms with Crippen molar-refractivity contribution < 1.29 is 4.74 Å². The SMILES string of the molecule is COc1ccc(-c2ncc(CN)s2)cc1. The van der Waals surface area contributed by atoms with Crippen molar-refractivity contribution in [2.45, 2.75) is 6.54 Å². The molecule has 0 bridgehead atoms. The van der Waals surface area contributed by atoms with Gasteiger partial charge in [0.2, 0.25) is 0 Å². The number of nitrogens with zero attached hydrogens (tertiary/aromatic N) is 1. The Bertz CT molecular complexity index is 436. The molecule has 1 heterocycles. The van der Waals surface area contributed by atoms with Crippen molar-refractivity contribution >= 4 is 11.3 Å². The van der Waals surface area contributed by atoms with Crippen molar-refractivity contribution in [1.29, 1.82) is 0 Å². The lowest BCUT2D eigenvalue weighted by atomic mass is 10.2. The van der Waals surface area contributed by atoms with Gasteiger partial charge in [-0.25, -0.2) is 4.98 Å². The first-order valence-corrected chi connectivity index (χ1v) is 5.44. The lowest BCUT2D eigenvalue weighted by Gasteiger charge is -1.99. The Morgan fingerprint density at radius 1 is 1.33 bits per heavy atom. The van der Waals surface area contributed by atoms with Gasteiger partial charge in [0.15, 0.2) is 0 Å². The van der Waals surface area contributed by atoms with Crippen molar-refractivity contribution in [3.63, 3.8) is 0 Å². The average molecular weight is 220 g/mol. The predicted octanol–water partition coefficient (Wildman–Crippen LogP) is 2.28. The van der Waals surface area contributed by atoms with E-state index < -0.39 is 0 Å². The minimum atomic E-state index is 0.549. The third kappa shape index (κ3) is 2.16. The van der Waals surface area contributed by atoms with Gasteiger partial charge in [-0.3, -0.25) is 0 Å². The molecule has 0 aliphatic carbocycles. The first-order valence-electron chi connectivity index (χ1n) is 4.62. The summed E-state index contributed by atoms with van der Waals surface area (Å²) in [4.78, 5) is 5.41. The van der Waals surface area contributed by atoms with Gasteiger partial charge in [0, 0.05) is 23.2 Å². The predicted molar refractivity (Wildman–Crippen MR) is 62.0 cm³/mol. The zero-order chi connectivity index (χ0) is 10.7. The molecule has 3 nitrogen and oxygen atoms in total. The van der Waals surface area contributed by atoms with E-state index >= 15 is 0 Å². The second kappa shape index (κ2) is 4.42. The van der Waals surface area contributed by atoms with Gasteiger partial charge in [0.25, 0.3) is 0 Å². The molecule has 0 atom stereocenters. The fourth-order valence-electron chi connectivity index (χ4n) is 1.27. The van der Waals surface area contributed by atoms with Crippen LogP contribution >= 0.6 is 11.3 Å². The molecule has 1 aromatic carbocycles. The molecule has 2 aromatic rings. The molecule has 4 heteroatoms. The Kier molecular flexibility index (Phi) is 2.99. The lowest BCUT2D eigenvalue weighted by Crippen LogP contribution is -1.91. The molecule has 78 valence electrons. The van der Waals surface area contributed by atoms with Crippen LogP contribution in [0.5, 0.6) is 5.75 Å². The van der Waals surface area contributed by atoms with Gasteiger partial charge in [0.1, 0.15) is 10.8 Å². The number of thiazole rings is 1. The zero-order valence-electron chi connectivity index (χ0n) is 8.43. The number of ether oxygens (including phenoxy) is 1. The van der Waals surface area contributed by atoms with Crippen LogP contribution in [0.4, 0.5) is 0 Å². The van der Waals surface area contributed by atoms with Crippen LogP contribution in [-0.2, 0) is 6.54 Å². The van der Waals surface area contributed by atoms with Crippen LogP contribution in [0.15, 0.2) is 30.5 Å². The molecule has 2 rings (SSSR count). The van der Waals surface area contributed by atoms with Gasteiger partial charge in [0.05, 0.1) is 7.11 Å². The van der Waals surface area contributed by atoms with Crippen molar-refractivity contribution in [1.82, 2.24) is 4.98 Å². The van der Waals surface area contributed by atoms with E-state index in [1.807, 2.05) is 30.5 Å². The van der Waals surface area contributed by atoms with E-state index in [0.717, 1.165) is 21.2 Å². The maximum absolute atomic E-state index is 5.54.